The third kappa shape index (κ3) is 12.0. The predicted octanol–water partition coefficient (Wildman–Crippen LogP) is 9.92. The maximum atomic E-state index is 13.7. The number of aldehydes is 1. The van der Waals surface area contributed by atoms with E-state index in [1.807, 2.05) is 0 Å². The zero-order valence-electron chi connectivity index (χ0n) is 36.1. The second-order valence-electron chi connectivity index (χ2n) is 14.9. The molecule has 0 aliphatic carbocycles. The van der Waals surface area contributed by atoms with Crippen LogP contribution >= 0.6 is 0 Å². The maximum absolute atomic E-state index is 13.7. The lowest BCUT2D eigenvalue weighted by atomic mass is 10.1. The summed E-state index contributed by atoms with van der Waals surface area (Å²) in [5.74, 6) is 1.74. The van der Waals surface area contributed by atoms with E-state index < -0.39 is 15.9 Å². The molecular formula is C50H42FN7O12. The highest BCUT2D eigenvalue weighted by Gasteiger charge is 2.25. The maximum Gasteiger partial charge on any atom is 0.326 e. The molecule has 3 aromatic carbocycles. The summed E-state index contributed by atoms with van der Waals surface area (Å²) in [7, 11) is 0. The average molecular weight is 952 g/mol. The number of rotatable bonds is 12. The summed E-state index contributed by atoms with van der Waals surface area (Å²) in [5.41, 5.74) is 2.03. The van der Waals surface area contributed by atoms with Gasteiger partial charge >= 0.3 is 12.1 Å². The van der Waals surface area contributed by atoms with Crippen LogP contribution in [0.4, 0.5) is 25.4 Å². The number of carbonyl (C=O) groups is 5. The number of para-hydroxylation sites is 2. The van der Waals surface area contributed by atoms with Crippen molar-refractivity contribution in [3.05, 3.63) is 213 Å². The molecule has 2 N–H and O–H groups in total. The van der Waals surface area contributed by atoms with E-state index in [4.69, 9.17) is 13.3 Å². The average Bonchev–Trinajstić information content (AvgIpc) is 4.12. The summed E-state index contributed by atoms with van der Waals surface area (Å²) in [4.78, 5) is 82.9. The van der Waals surface area contributed by atoms with E-state index in [0.29, 0.717) is 63.2 Å². The fourth-order valence-corrected chi connectivity index (χ4v) is 6.80. The van der Waals surface area contributed by atoms with E-state index in [2.05, 4.69) is 23.8 Å². The van der Waals surface area contributed by atoms with Gasteiger partial charge in [0.15, 0.2) is 12.1 Å². The lowest BCUT2D eigenvalue weighted by Gasteiger charge is -2.24. The Labute approximate surface area is 398 Å². The molecule has 20 heteroatoms. The predicted molar refractivity (Wildman–Crippen MR) is 251 cm³/mol. The van der Waals surface area contributed by atoms with Gasteiger partial charge in [-0.3, -0.25) is 44.4 Å². The molecule has 3 aromatic heterocycles. The topological polar surface area (TPSA) is 245 Å². The molecule has 3 aliphatic heterocycles. The molecule has 6 heterocycles. The van der Waals surface area contributed by atoms with Crippen molar-refractivity contribution < 1.29 is 51.5 Å². The Kier molecular flexibility index (Phi) is 15.7. The zero-order valence-corrected chi connectivity index (χ0v) is 36.1. The minimum Gasteiger partial charge on any atom is -0.459 e. The van der Waals surface area contributed by atoms with Gasteiger partial charge in [-0.1, -0.05) is 57.0 Å². The Bertz CT molecular complexity index is 3120. The summed E-state index contributed by atoms with van der Waals surface area (Å²) >= 11 is 0. The van der Waals surface area contributed by atoms with Crippen LogP contribution in [0.15, 0.2) is 183 Å². The molecular weight excluding hydrogens is 910 g/mol. The lowest BCUT2D eigenvalue weighted by Crippen LogP contribution is -2.40. The van der Waals surface area contributed by atoms with Gasteiger partial charge in [-0.2, -0.15) is 0 Å². The second kappa shape index (κ2) is 22.2. The normalized spacial score (nSPS) is 14.1. The number of ketones is 1. The SMILES string of the molecule is C.C=C1C=CN(Cc2ccc(-c3ccccc3[N+](=O)[O-])o2)C(=O)N1.C=C1NC(=O)N(Cc2ccc(-c3ccccc3[N+](=O)[O-])o2)C=C1C=O.O=C1C=CN(Cc2ccc(-c3ccccc3F)o2)C(=O)C1. The van der Waals surface area contributed by atoms with Crippen molar-refractivity contribution in [3.8, 4) is 34.0 Å². The number of hydrogen-bond donors (Lipinski definition) is 2. The van der Waals surface area contributed by atoms with Gasteiger partial charge in [0.25, 0.3) is 11.4 Å². The van der Waals surface area contributed by atoms with E-state index in [1.54, 1.807) is 103 Å². The number of nitro groups is 2. The molecule has 0 radical (unpaired) electrons. The summed E-state index contributed by atoms with van der Waals surface area (Å²) in [5, 5.41) is 27.3. The number of halogens is 1. The summed E-state index contributed by atoms with van der Waals surface area (Å²) < 4.78 is 30.5. The van der Waals surface area contributed by atoms with Crippen LogP contribution in [-0.2, 0) is 34.0 Å². The van der Waals surface area contributed by atoms with Crippen molar-refractivity contribution in [1.29, 1.82) is 0 Å². The highest BCUT2D eigenvalue weighted by molar-refractivity contribution is 6.06. The van der Waals surface area contributed by atoms with Gasteiger partial charge in [-0.25, -0.2) is 14.0 Å². The largest absolute Gasteiger partial charge is 0.459 e. The minimum absolute atomic E-state index is 0. The van der Waals surface area contributed by atoms with E-state index in [0.717, 1.165) is 0 Å². The van der Waals surface area contributed by atoms with Crippen molar-refractivity contribution in [2.75, 3.05) is 0 Å². The van der Waals surface area contributed by atoms with E-state index in [1.165, 1.54) is 51.4 Å². The third-order valence-electron chi connectivity index (χ3n) is 10.2. The fraction of sp³-hybridized carbons (Fsp3) is 0.100. The first kappa shape index (κ1) is 49.7. The highest BCUT2D eigenvalue weighted by Crippen LogP contribution is 2.33. The van der Waals surface area contributed by atoms with Crippen molar-refractivity contribution in [3.63, 3.8) is 0 Å². The van der Waals surface area contributed by atoms with E-state index in [9.17, 15) is 48.6 Å². The van der Waals surface area contributed by atoms with Crippen molar-refractivity contribution in [2.24, 2.45) is 0 Å². The number of carbonyl (C=O) groups excluding carboxylic acids is 5. The number of amides is 5. The first-order valence-electron chi connectivity index (χ1n) is 20.5. The number of hydrogen-bond acceptors (Lipinski definition) is 12. The smallest absolute Gasteiger partial charge is 0.326 e. The van der Waals surface area contributed by atoms with E-state index >= 15 is 0 Å². The molecule has 5 amide bonds. The molecule has 6 aromatic rings. The molecule has 3 aliphatic rings. The molecule has 356 valence electrons. The van der Waals surface area contributed by atoms with Crippen LogP contribution in [0.25, 0.3) is 34.0 Å². The summed E-state index contributed by atoms with van der Waals surface area (Å²) in [6.07, 6.45) is 7.93. The van der Waals surface area contributed by atoms with Gasteiger partial charge in [0.05, 0.1) is 58.2 Å². The summed E-state index contributed by atoms with van der Waals surface area (Å²) in [6, 6.07) is 28.1. The second-order valence-corrected chi connectivity index (χ2v) is 14.9. The third-order valence-corrected chi connectivity index (χ3v) is 10.2. The van der Waals surface area contributed by atoms with Crippen molar-refractivity contribution >= 4 is 41.4 Å². The Hall–Kier alpha value is -9.72. The number of nitrogens with one attached hydrogen (secondary N) is 2. The Morgan fingerprint density at radius 1 is 0.614 bits per heavy atom. The van der Waals surface area contributed by atoms with Gasteiger partial charge in [-0.05, 0) is 72.8 Å². The van der Waals surface area contributed by atoms with Crippen LogP contribution in [0, 0.1) is 26.0 Å². The lowest BCUT2D eigenvalue weighted by molar-refractivity contribution is -0.384. The number of benzene rings is 3. The van der Waals surface area contributed by atoms with Gasteiger partial charge in [0.1, 0.15) is 40.4 Å². The number of allylic oxidation sites excluding steroid dienone is 3. The molecule has 0 saturated carbocycles. The van der Waals surface area contributed by atoms with Gasteiger partial charge in [0.2, 0.25) is 5.91 Å². The first-order valence-corrected chi connectivity index (χ1v) is 20.5. The molecule has 9 rings (SSSR count). The Balaban J connectivity index is 0.000000172. The zero-order chi connectivity index (χ0) is 49.2. The molecule has 0 bridgehead atoms. The van der Waals surface area contributed by atoms with Crippen molar-refractivity contribution in [1.82, 2.24) is 25.3 Å². The molecule has 0 saturated heterocycles. The highest BCUT2D eigenvalue weighted by atomic mass is 19.1. The summed E-state index contributed by atoms with van der Waals surface area (Å²) in [6.45, 7) is 7.73. The van der Waals surface area contributed by atoms with Gasteiger partial charge < -0.3 is 28.8 Å². The Morgan fingerprint density at radius 2 is 1.07 bits per heavy atom. The Morgan fingerprint density at radius 3 is 1.57 bits per heavy atom. The van der Waals surface area contributed by atoms with Crippen molar-refractivity contribution in [2.45, 2.75) is 33.5 Å². The molecule has 0 unspecified atom stereocenters. The van der Waals surface area contributed by atoms with Crippen LogP contribution in [-0.4, -0.2) is 54.6 Å². The quantitative estimate of drug-likeness (QED) is 0.0504. The molecule has 0 fully saturated rings. The monoisotopic (exact) mass is 951 g/mol. The molecule has 0 atom stereocenters. The molecule has 0 spiro atoms. The van der Waals surface area contributed by atoms with Crippen LogP contribution < -0.4 is 10.6 Å². The standard InChI is InChI=1S/C17H13N3O5.C16H12FNO3.C16H13N3O4.CH4/c1-11-12(10-21)8-19(17(22)18-11)9-13-6-7-16(25-13)14-4-2-3-5-15(14)20(23)24;17-14-4-2-1-3-13(14)15-6-5-12(21-15)10-18-8-7-11(19)9-16(18)20;1-11-8-9-18(16(20)17-11)10-12-6-7-15(23-12)13-4-2-3-5-14(13)19(21)22;/h2-8,10H,1,9H2,(H,18,22);1-8H,9-10H2;2-9H,1,10H2,(H,17,20);1H4. The number of nitro benzene ring substituents is 2. The molecule has 70 heavy (non-hydrogen) atoms. The number of nitrogens with zero attached hydrogens (tertiary/aromatic N) is 5. The van der Waals surface area contributed by atoms with Gasteiger partial charge in [0, 0.05) is 42.1 Å². The van der Waals surface area contributed by atoms with Crippen LogP contribution in [0.3, 0.4) is 0 Å². The van der Waals surface area contributed by atoms with Crippen LogP contribution in [0.2, 0.25) is 0 Å². The fourth-order valence-electron chi connectivity index (χ4n) is 6.80. The first-order chi connectivity index (χ1) is 33.2. The van der Waals surface area contributed by atoms with Crippen LogP contribution in [0.1, 0.15) is 31.1 Å². The number of urea groups is 2. The van der Waals surface area contributed by atoms with Gasteiger partial charge in [-0.15, -0.1) is 0 Å². The van der Waals surface area contributed by atoms with Crippen LogP contribution in [0.5, 0.6) is 0 Å². The van der Waals surface area contributed by atoms with E-state index in [-0.39, 0.29) is 79.7 Å². The minimum atomic E-state index is -0.486. The molecule has 19 nitrogen and oxygen atoms in total. The number of furan rings is 3.